The van der Waals surface area contributed by atoms with Crippen molar-refractivity contribution in [2.24, 2.45) is 5.92 Å². The number of thiophene rings is 1. The zero-order valence-electron chi connectivity index (χ0n) is 18.6. The van der Waals surface area contributed by atoms with Crippen LogP contribution in [0.5, 0.6) is 0 Å². The first-order valence-electron chi connectivity index (χ1n) is 11.1. The Morgan fingerprint density at radius 1 is 1.09 bits per heavy atom. The summed E-state index contributed by atoms with van der Waals surface area (Å²) in [5, 5.41) is 10.00. The van der Waals surface area contributed by atoms with Gasteiger partial charge in [0.15, 0.2) is 6.61 Å². The van der Waals surface area contributed by atoms with Gasteiger partial charge >= 0.3 is 5.97 Å². The Hall–Kier alpha value is -3.78. The summed E-state index contributed by atoms with van der Waals surface area (Å²) in [5.74, 6) is -0.300. The van der Waals surface area contributed by atoms with Crippen LogP contribution in [0.15, 0.2) is 76.5 Å². The number of aromatic nitrogens is 2. The lowest BCUT2D eigenvalue weighted by Crippen LogP contribution is -2.45. The Kier molecular flexibility index (Phi) is 6.22. The second-order valence-electron chi connectivity index (χ2n) is 8.18. The van der Waals surface area contributed by atoms with E-state index in [0.717, 1.165) is 21.7 Å². The molecular weight excluding hydrogens is 450 g/mol. The molecule has 34 heavy (non-hydrogen) atoms. The molecule has 4 aromatic rings. The van der Waals surface area contributed by atoms with Crippen LogP contribution in [-0.2, 0) is 20.9 Å². The van der Waals surface area contributed by atoms with Gasteiger partial charge in [-0.15, -0.1) is 21.5 Å². The molecule has 1 fully saturated rings. The molecule has 8 heteroatoms. The summed E-state index contributed by atoms with van der Waals surface area (Å²) in [6, 6.07) is 20.6. The fraction of sp³-hybridized carbons (Fsp3) is 0.231. The fourth-order valence-corrected chi connectivity index (χ4v) is 5.06. The van der Waals surface area contributed by atoms with E-state index in [2.05, 4.69) is 10.2 Å². The largest absolute Gasteiger partial charge is 0.455 e. The zero-order valence-corrected chi connectivity index (χ0v) is 19.4. The average molecular weight is 474 g/mol. The molecule has 1 saturated heterocycles. The summed E-state index contributed by atoms with van der Waals surface area (Å²) in [6.45, 7) is 1.88. The minimum Gasteiger partial charge on any atom is -0.455 e. The van der Waals surface area contributed by atoms with Crippen LogP contribution in [0.25, 0.3) is 11.5 Å². The second kappa shape index (κ2) is 9.61. The van der Waals surface area contributed by atoms with Crippen molar-refractivity contribution in [2.75, 3.05) is 4.90 Å². The molecule has 0 saturated carbocycles. The summed E-state index contributed by atoms with van der Waals surface area (Å²) in [7, 11) is 0. The first kappa shape index (κ1) is 22.0. The molecular formula is C26H23N3O4S. The van der Waals surface area contributed by atoms with E-state index in [0.29, 0.717) is 12.3 Å². The van der Waals surface area contributed by atoms with Crippen molar-refractivity contribution in [3.8, 4) is 11.5 Å². The fourth-order valence-electron chi connectivity index (χ4n) is 4.18. The number of carbonyl (C=O) groups is 2. The van der Waals surface area contributed by atoms with Crippen LogP contribution in [0, 0.1) is 12.8 Å². The number of hydrogen-bond acceptors (Lipinski definition) is 7. The summed E-state index contributed by atoms with van der Waals surface area (Å²) in [5.41, 5.74) is 2.67. The SMILES string of the molecule is Cc1ccc(N2C(=O)CC[C@@H](C(=O)OCc3nnc(-c4ccccc4)o3)[C@H]2c2cccs2)cc1. The molecule has 2 atom stereocenters. The van der Waals surface area contributed by atoms with E-state index in [-0.39, 0.29) is 30.8 Å². The number of aryl methyl sites for hydroxylation is 1. The van der Waals surface area contributed by atoms with Gasteiger partial charge in [0.25, 0.3) is 5.89 Å². The molecule has 0 aliphatic carbocycles. The number of anilines is 1. The van der Waals surface area contributed by atoms with Crippen LogP contribution < -0.4 is 4.90 Å². The highest BCUT2D eigenvalue weighted by Crippen LogP contribution is 2.42. The van der Waals surface area contributed by atoms with Crippen molar-refractivity contribution in [1.82, 2.24) is 10.2 Å². The maximum atomic E-state index is 13.2. The number of amides is 1. The maximum absolute atomic E-state index is 13.2. The predicted octanol–water partition coefficient (Wildman–Crippen LogP) is 5.33. The van der Waals surface area contributed by atoms with E-state index >= 15 is 0 Å². The van der Waals surface area contributed by atoms with Crippen molar-refractivity contribution in [3.63, 3.8) is 0 Å². The van der Waals surface area contributed by atoms with Crippen LogP contribution >= 0.6 is 11.3 Å². The first-order chi connectivity index (χ1) is 16.6. The summed E-state index contributed by atoms with van der Waals surface area (Å²) in [4.78, 5) is 28.9. The number of rotatable bonds is 6. The molecule has 0 N–H and O–H groups in total. The number of benzene rings is 2. The van der Waals surface area contributed by atoms with Crippen molar-refractivity contribution in [1.29, 1.82) is 0 Å². The molecule has 7 nitrogen and oxygen atoms in total. The van der Waals surface area contributed by atoms with Gasteiger partial charge in [0.1, 0.15) is 0 Å². The molecule has 5 rings (SSSR count). The minimum absolute atomic E-state index is 0.00397. The maximum Gasteiger partial charge on any atom is 0.311 e. The second-order valence-corrected chi connectivity index (χ2v) is 9.16. The summed E-state index contributed by atoms with van der Waals surface area (Å²) >= 11 is 1.53. The van der Waals surface area contributed by atoms with Crippen molar-refractivity contribution >= 4 is 28.9 Å². The summed E-state index contributed by atoms with van der Waals surface area (Å²) in [6.07, 6.45) is 0.690. The van der Waals surface area contributed by atoms with Gasteiger partial charge in [-0.05, 0) is 49.1 Å². The topological polar surface area (TPSA) is 85.5 Å². The van der Waals surface area contributed by atoms with Gasteiger partial charge < -0.3 is 14.1 Å². The molecule has 172 valence electrons. The highest BCUT2D eigenvalue weighted by molar-refractivity contribution is 7.10. The Morgan fingerprint density at radius 3 is 2.62 bits per heavy atom. The highest BCUT2D eigenvalue weighted by Gasteiger charge is 2.43. The number of piperidine rings is 1. The van der Waals surface area contributed by atoms with E-state index in [1.807, 2.05) is 79.0 Å². The Labute approximate surface area is 201 Å². The number of nitrogens with zero attached hydrogens (tertiary/aromatic N) is 3. The van der Waals surface area contributed by atoms with Gasteiger partial charge in [-0.25, -0.2) is 0 Å². The standard InChI is InChI=1S/C26H23N3O4S/c1-17-9-11-19(12-10-17)29-23(30)14-13-20(24(29)21-8-5-15-34-21)26(31)32-16-22-27-28-25(33-22)18-6-3-2-4-7-18/h2-12,15,20,24H,13-14,16H2,1H3/t20-,24+/m1/s1. The van der Waals surface area contributed by atoms with Crippen LogP contribution in [0.3, 0.4) is 0 Å². The number of hydrogen-bond donors (Lipinski definition) is 0. The van der Waals surface area contributed by atoms with Crippen LogP contribution in [-0.4, -0.2) is 22.1 Å². The smallest absolute Gasteiger partial charge is 0.311 e. The summed E-state index contributed by atoms with van der Waals surface area (Å²) < 4.78 is 11.3. The quantitative estimate of drug-likeness (QED) is 0.352. The lowest BCUT2D eigenvalue weighted by Gasteiger charge is -2.39. The number of esters is 1. The van der Waals surface area contributed by atoms with E-state index in [9.17, 15) is 9.59 Å². The van der Waals surface area contributed by atoms with Crippen molar-refractivity contribution in [3.05, 3.63) is 88.4 Å². The van der Waals surface area contributed by atoms with Crippen LogP contribution in [0.2, 0.25) is 0 Å². The average Bonchev–Trinajstić information content (AvgIpc) is 3.56. The van der Waals surface area contributed by atoms with E-state index in [1.54, 1.807) is 4.90 Å². The third-order valence-corrected chi connectivity index (χ3v) is 6.82. The van der Waals surface area contributed by atoms with Gasteiger partial charge in [-0.3, -0.25) is 9.59 Å². The predicted molar refractivity (Wildman–Crippen MR) is 128 cm³/mol. The van der Waals surface area contributed by atoms with Gasteiger partial charge in [-0.1, -0.05) is 42.0 Å². The number of carbonyl (C=O) groups excluding carboxylic acids is 2. The molecule has 0 spiro atoms. The third-order valence-electron chi connectivity index (χ3n) is 5.87. The normalized spacial score (nSPS) is 18.1. The molecule has 1 aliphatic heterocycles. The van der Waals surface area contributed by atoms with E-state index in [1.165, 1.54) is 11.3 Å². The zero-order chi connectivity index (χ0) is 23.5. The van der Waals surface area contributed by atoms with Crippen molar-refractivity contribution < 1.29 is 18.7 Å². The third kappa shape index (κ3) is 4.49. The molecule has 2 aromatic carbocycles. The molecule has 0 radical (unpaired) electrons. The van der Waals surface area contributed by atoms with Gasteiger partial charge in [0.2, 0.25) is 11.8 Å². The van der Waals surface area contributed by atoms with Gasteiger partial charge in [-0.2, -0.15) is 0 Å². The molecule has 2 aromatic heterocycles. The monoisotopic (exact) mass is 473 g/mol. The lowest BCUT2D eigenvalue weighted by molar-refractivity contribution is -0.152. The molecule has 3 heterocycles. The van der Waals surface area contributed by atoms with Gasteiger partial charge in [0.05, 0.1) is 12.0 Å². The van der Waals surface area contributed by atoms with E-state index < -0.39 is 12.0 Å². The lowest BCUT2D eigenvalue weighted by atomic mass is 9.87. The molecule has 0 bridgehead atoms. The van der Waals surface area contributed by atoms with Gasteiger partial charge in [0, 0.05) is 22.5 Å². The van der Waals surface area contributed by atoms with Crippen molar-refractivity contribution in [2.45, 2.75) is 32.4 Å². The molecule has 0 unspecified atom stereocenters. The Balaban J connectivity index is 1.36. The number of ether oxygens (including phenoxy) is 1. The molecule has 1 aliphatic rings. The van der Waals surface area contributed by atoms with Crippen LogP contribution in [0.4, 0.5) is 5.69 Å². The molecule has 1 amide bonds. The highest BCUT2D eigenvalue weighted by atomic mass is 32.1. The van der Waals surface area contributed by atoms with Crippen LogP contribution in [0.1, 0.15) is 35.2 Å². The minimum atomic E-state index is -0.505. The Bertz CT molecular complexity index is 1270. The first-order valence-corrected chi connectivity index (χ1v) is 11.9. The Morgan fingerprint density at radius 2 is 1.88 bits per heavy atom. The van der Waals surface area contributed by atoms with E-state index in [4.69, 9.17) is 9.15 Å².